The molecule has 0 saturated carbocycles. The minimum absolute atomic E-state index is 0.155. The first-order valence-corrected chi connectivity index (χ1v) is 10.3. The predicted octanol–water partition coefficient (Wildman–Crippen LogP) is 4.26. The molecule has 1 saturated heterocycles. The average Bonchev–Trinajstić information content (AvgIpc) is 3.27. The Bertz CT molecular complexity index is 1130. The van der Waals surface area contributed by atoms with E-state index in [4.69, 9.17) is 20.9 Å². The fraction of sp³-hybridized carbons (Fsp3) is 0.273. The topological polar surface area (TPSA) is 85.5 Å². The van der Waals surface area contributed by atoms with Gasteiger partial charge < -0.3 is 14.2 Å². The van der Waals surface area contributed by atoms with Crippen molar-refractivity contribution < 1.29 is 27.6 Å². The highest BCUT2D eigenvalue weighted by molar-refractivity contribution is 6.30. The van der Waals surface area contributed by atoms with E-state index < -0.39 is 29.4 Å². The van der Waals surface area contributed by atoms with E-state index in [2.05, 4.69) is 10.1 Å². The van der Waals surface area contributed by atoms with Crippen molar-refractivity contribution in [1.82, 2.24) is 15.0 Å². The highest BCUT2D eigenvalue weighted by Crippen LogP contribution is 2.23. The van der Waals surface area contributed by atoms with Crippen LogP contribution in [-0.2, 0) is 16.1 Å². The van der Waals surface area contributed by atoms with Gasteiger partial charge in [-0.1, -0.05) is 16.8 Å². The largest absolute Gasteiger partial charge is 0.455 e. The fourth-order valence-electron chi connectivity index (χ4n) is 3.43. The third-order valence-corrected chi connectivity index (χ3v) is 5.44. The molecule has 166 valence electrons. The highest BCUT2D eigenvalue weighted by Gasteiger charge is 2.30. The first-order chi connectivity index (χ1) is 15.4. The van der Waals surface area contributed by atoms with E-state index in [1.54, 1.807) is 24.3 Å². The molecular formula is C22H18ClF2N3O4. The zero-order chi connectivity index (χ0) is 22.7. The third-order valence-electron chi connectivity index (χ3n) is 5.19. The molecule has 4 rings (SSSR count). The molecule has 0 spiro atoms. The Morgan fingerprint density at radius 2 is 1.84 bits per heavy atom. The van der Waals surface area contributed by atoms with E-state index in [9.17, 15) is 18.4 Å². The minimum Gasteiger partial charge on any atom is -0.455 e. The van der Waals surface area contributed by atoms with Crippen LogP contribution in [-0.4, -0.2) is 40.0 Å². The summed E-state index contributed by atoms with van der Waals surface area (Å²) in [4.78, 5) is 30.5. The van der Waals surface area contributed by atoms with Crippen molar-refractivity contribution in [2.24, 2.45) is 5.92 Å². The number of hydrogen-bond acceptors (Lipinski definition) is 6. The molecule has 0 bridgehead atoms. The van der Waals surface area contributed by atoms with Gasteiger partial charge in [-0.2, -0.15) is 4.98 Å². The van der Waals surface area contributed by atoms with Gasteiger partial charge in [0.2, 0.25) is 5.82 Å². The summed E-state index contributed by atoms with van der Waals surface area (Å²) in [5.41, 5.74) is 0.519. The summed E-state index contributed by atoms with van der Waals surface area (Å²) >= 11 is 5.86. The third kappa shape index (κ3) is 4.94. The normalized spacial score (nSPS) is 14.4. The lowest BCUT2D eigenvalue weighted by Crippen LogP contribution is -2.41. The number of amides is 1. The molecule has 0 atom stereocenters. The van der Waals surface area contributed by atoms with Crippen molar-refractivity contribution >= 4 is 23.5 Å². The Morgan fingerprint density at radius 1 is 1.12 bits per heavy atom. The van der Waals surface area contributed by atoms with Gasteiger partial charge in [-0.15, -0.1) is 0 Å². The van der Waals surface area contributed by atoms with Crippen LogP contribution in [0.3, 0.4) is 0 Å². The van der Waals surface area contributed by atoms with Crippen molar-refractivity contribution in [3.8, 4) is 11.4 Å². The number of ether oxygens (including phenoxy) is 1. The van der Waals surface area contributed by atoms with Gasteiger partial charge in [0.15, 0.2) is 6.61 Å². The standard InChI is InChI=1S/C22H18ClF2N3O4/c23-15-3-1-13(2-4-15)20-26-19(32-27-20)12-31-22(30)14-7-9-28(10-8-14)21(29)17-6-5-16(24)11-18(17)25/h1-6,11,14H,7-10,12H2. The van der Waals surface area contributed by atoms with Crippen LogP contribution < -0.4 is 0 Å². The van der Waals surface area contributed by atoms with Crippen molar-refractivity contribution in [2.75, 3.05) is 13.1 Å². The summed E-state index contributed by atoms with van der Waals surface area (Å²) in [6.45, 7) is 0.354. The Labute approximate surface area is 186 Å². The van der Waals surface area contributed by atoms with E-state index in [1.165, 1.54) is 4.90 Å². The zero-order valence-electron chi connectivity index (χ0n) is 16.8. The van der Waals surface area contributed by atoms with Crippen LogP contribution >= 0.6 is 11.6 Å². The van der Waals surface area contributed by atoms with E-state index in [1.807, 2.05) is 0 Å². The summed E-state index contributed by atoms with van der Waals surface area (Å²) < 4.78 is 37.3. The number of carbonyl (C=O) groups is 2. The lowest BCUT2D eigenvalue weighted by atomic mass is 9.96. The van der Waals surface area contributed by atoms with Crippen LogP contribution in [0.1, 0.15) is 29.1 Å². The molecule has 1 aliphatic heterocycles. The van der Waals surface area contributed by atoms with Crippen molar-refractivity contribution in [3.05, 3.63) is 70.6 Å². The van der Waals surface area contributed by atoms with Gasteiger partial charge in [0, 0.05) is 29.7 Å². The van der Waals surface area contributed by atoms with E-state index in [0.29, 0.717) is 35.3 Å². The van der Waals surface area contributed by atoms with Gasteiger partial charge >= 0.3 is 5.97 Å². The molecule has 0 N–H and O–H groups in total. The van der Waals surface area contributed by atoms with Gasteiger partial charge in [-0.05, 0) is 49.2 Å². The number of piperidine rings is 1. The van der Waals surface area contributed by atoms with Gasteiger partial charge in [0.05, 0.1) is 11.5 Å². The second-order valence-corrected chi connectivity index (χ2v) is 7.75. The number of carbonyl (C=O) groups excluding carboxylic acids is 2. The number of benzene rings is 2. The number of rotatable bonds is 5. The average molecular weight is 462 g/mol. The zero-order valence-corrected chi connectivity index (χ0v) is 17.5. The molecule has 32 heavy (non-hydrogen) atoms. The van der Waals surface area contributed by atoms with Crippen LogP contribution in [0.15, 0.2) is 47.0 Å². The van der Waals surface area contributed by atoms with Crippen LogP contribution in [0.2, 0.25) is 5.02 Å². The number of nitrogens with zero attached hydrogens (tertiary/aromatic N) is 3. The molecule has 1 aliphatic rings. The smallest absolute Gasteiger partial charge is 0.309 e. The van der Waals surface area contributed by atoms with Gasteiger partial charge in [0.25, 0.3) is 11.8 Å². The maximum absolute atomic E-state index is 13.9. The number of halogens is 3. The van der Waals surface area contributed by atoms with Crippen molar-refractivity contribution in [2.45, 2.75) is 19.4 Å². The van der Waals surface area contributed by atoms with E-state index in [0.717, 1.165) is 12.1 Å². The molecule has 10 heteroatoms. The fourth-order valence-corrected chi connectivity index (χ4v) is 3.56. The summed E-state index contributed by atoms with van der Waals surface area (Å²) in [5.74, 6) is -2.52. The van der Waals surface area contributed by atoms with Crippen LogP contribution in [0.4, 0.5) is 8.78 Å². The molecule has 3 aromatic rings. The Morgan fingerprint density at radius 3 is 2.53 bits per heavy atom. The molecular weight excluding hydrogens is 444 g/mol. The number of aromatic nitrogens is 2. The lowest BCUT2D eigenvalue weighted by molar-refractivity contribution is -0.152. The molecule has 0 radical (unpaired) electrons. The van der Waals surface area contributed by atoms with E-state index in [-0.39, 0.29) is 31.2 Å². The Kier molecular flexibility index (Phi) is 6.45. The van der Waals surface area contributed by atoms with E-state index >= 15 is 0 Å². The Balaban J connectivity index is 1.28. The summed E-state index contributed by atoms with van der Waals surface area (Å²) in [6.07, 6.45) is 0.737. The maximum Gasteiger partial charge on any atom is 0.309 e. The highest BCUT2D eigenvalue weighted by atomic mass is 35.5. The molecule has 2 aromatic carbocycles. The maximum atomic E-state index is 13.9. The first-order valence-electron chi connectivity index (χ1n) is 9.90. The molecule has 7 nitrogen and oxygen atoms in total. The first kappa shape index (κ1) is 21.9. The summed E-state index contributed by atoms with van der Waals surface area (Å²) in [5, 5.41) is 4.44. The van der Waals surface area contributed by atoms with Gasteiger partial charge in [0.1, 0.15) is 11.6 Å². The molecule has 0 aliphatic carbocycles. The molecule has 1 aromatic heterocycles. The SMILES string of the molecule is O=C(OCc1nc(-c2ccc(Cl)cc2)no1)C1CCN(C(=O)c2ccc(F)cc2F)CC1. The Hall–Kier alpha value is -3.33. The van der Waals surface area contributed by atoms with Gasteiger partial charge in [-0.25, -0.2) is 8.78 Å². The lowest BCUT2D eigenvalue weighted by Gasteiger charge is -2.31. The predicted molar refractivity (Wildman–Crippen MR) is 110 cm³/mol. The number of hydrogen-bond donors (Lipinski definition) is 0. The number of esters is 1. The molecule has 2 heterocycles. The monoisotopic (exact) mass is 461 g/mol. The molecule has 0 unspecified atom stereocenters. The summed E-state index contributed by atoms with van der Waals surface area (Å²) in [7, 11) is 0. The van der Waals surface area contributed by atoms with Crippen LogP contribution in [0.5, 0.6) is 0 Å². The molecule has 1 amide bonds. The van der Waals surface area contributed by atoms with Crippen LogP contribution in [0.25, 0.3) is 11.4 Å². The quantitative estimate of drug-likeness (QED) is 0.528. The summed E-state index contributed by atoms with van der Waals surface area (Å²) in [6, 6.07) is 9.73. The van der Waals surface area contributed by atoms with Crippen molar-refractivity contribution in [1.29, 1.82) is 0 Å². The van der Waals surface area contributed by atoms with Gasteiger partial charge in [-0.3, -0.25) is 9.59 Å². The number of likely N-dealkylation sites (tertiary alicyclic amines) is 1. The second-order valence-electron chi connectivity index (χ2n) is 7.32. The van der Waals surface area contributed by atoms with Crippen LogP contribution in [0, 0.1) is 17.6 Å². The van der Waals surface area contributed by atoms with Crippen molar-refractivity contribution in [3.63, 3.8) is 0 Å². The second kappa shape index (κ2) is 9.44. The minimum atomic E-state index is -0.908. The molecule has 1 fully saturated rings.